The Labute approximate surface area is 70.1 Å². The molecule has 1 rings (SSSR count). The van der Waals surface area contributed by atoms with Crippen LogP contribution in [0.1, 0.15) is 12.8 Å². The van der Waals surface area contributed by atoms with Crippen LogP contribution in [0.25, 0.3) is 0 Å². The maximum Gasteiger partial charge on any atom is 0.401 e. The second kappa shape index (κ2) is 3.47. The van der Waals surface area contributed by atoms with Crippen molar-refractivity contribution < 1.29 is 27.5 Å². The standard InChI is InChI=1S/C4H4F4.CHClO2/c5-3(6)1-2-4(3,7)8;2-1(3)4/h1-2H2;(H,3,4). The predicted octanol–water partition coefficient (Wildman–Crippen LogP) is 2.95. The van der Waals surface area contributed by atoms with Crippen molar-refractivity contribution in [3.05, 3.63) is 0 Å². The Bertz CT molecular complexity index is 164. The van der Waals surface area contributed by atoms with E-state index in [0.717, 1.165) is 0 Å². The van der Waals surface area contributed by atoms with Gasteiger partial charge in [0.1, 0.15) is 0 Å². The van der Waals surface area contributed by atoms with Crippen molar-refractivity contribution >= 4 is 17.0 Å². The van der Waals surface area contributed by atoms with Crippen LogP contribution in [0.2, 0.25) is 0 Å². The molecule has 1 aliphatic carbocycles. The van der Waals surface area contributed by atoms with Gasteiger partial charge < -0.3 is 5.11 Å². The summed E-state index contributed by atoms with van der Waals surface area (Å²) in [7, 11) is 0. The van der Waals surface area contributed by atoms with Gasteiger partial charge in [0.25, 0.3) is 0 Å². The van der Waals surface area contributed by atoms with E-state index >= 15 is 0 Å². The van der Waals surface area contributed by atoms with Crippen molar-refractivity contribution in [1.29, 1.82) is 0 Å². The van der Waals surface area contributed by atoms with Crippen LogP contribution in [0.3, 0.4) is 0 Å². The van der Waals surface area contributed by atoms with Gasteiger partial charge in [0.05, 0.1) is 0 Å². The molecule has 0 atom stereocenters. The maximum absolute atomic E-state index is 11.6. The summed E-state index contributed by atoms with van der Waals surface area (Å²) >= 11 is 4.19. The minimum atomic E-state index is -3.72. The highest BCUT2D eigenvalue weighted by molar-refractivity contribution is 6.60. The zero-order chi connectivity index (χ0) is 9.99. The number of rotatable bonds is 0. The molecule has 7 heteroatoms. The van der Waals surface area contributed by atoms with Crippen LogP contribution in [0.4, 0.5) is 22.4 Å². The molecule has 0 aliphatic heterocycles. The highest BCUT2D eigenvalue weighted by Crippen LogP contribution is 2.50. The van der Waals surface area contributed by atoms with Crippen molar-refractivity contribution in [2.45, 2.75) is 24.7 Å². The molecular formula is C5H5ClF4O2. The molecule has 1 saturated carbocycles. The molecule has 0 aromatic carbocycles. The molecule has 1 N–H and O–H groups in total. The minimum Gasteiger partial charge on any atom is -0.469 e. The normalized spacial score (nSPS) is 23.1. The molecule has 0 unspecified atom stereocenters. The van der Waals surface area contributed by atoms with E-state index in [4.69, 9.17) is 9.90 Å². The van der Waals surface area contributed by atoms with Gasteiger partial charge in [0.2, 0.25) is 0 Å². The summed E-state index contributed by atoms with van der Waals surface area (Å²) in [6.07, 6.45) is -1.33. The van der Waals surface area contributed by atoms with Crippen molar-refractivity contribution in [3.63, 3.8) is 0 Å². The van der Waals surface area contributed by atoms with Gasteiger partial charge in [-0.25, -0.2) is 4.79 Å². The molecule has 2 nitrogen and oxygen atoms in total. The number of carbonyl (C=O) groups is 1. The Balaban J connectivity index is 0.000000261. The Morgan fingerprint density at radius 3 is 1.33 bits per heavy atom. The van der Waals surface area contributed by atoms with Crippen LogP contribution >= 0.6 is 11.6 Å². The molecule has 1 fully saturated rings. The molecule has 0 spiro atoms. The number of alkyl halides is 4. The van der Waals surface area contributed by atoms with Gasteiger partial charge in [-0.1, -0.05) is 0 Å². The van der Waals surface area contributed by atoms with Gasteiger partial charge in [-0.05, 0) is 0 Å². The van der Waals surface area contributed by atoms with Crippen LogP contribution < -0.4 is 0 Å². The van der Waals surface area contributed by atoms with Crippen molar-refractivity contribution in [2.75, 3.05) is 0 Å². The van der Waals surface area contributed by atoms with E-state index in [-0.39, 0.29) is 0 Å². The van der Waals surface area contributed by atoms with Gasteiger partial charge >= 0.3 is 17.3 Å². The number of carboxylic acid groups (broad SMARTS) is 1. The van der Waals surface area contributed by atoms with E-state index in [1.54, 1.807) is 0 Å². The van der Waals surface area contributed by atoms with E-state index in [1.165, 1.54) is 0 Å². The van der Waals surface area contributed by atoms with Gasteiger partial charge in [0.15, 0.2) is 0 Å². The van der Waals surface area contributed by atoms with E-state index in [0.29, 0.717) is 0 Å². The third kappa shape index (κ3) is 2.84. The highest BCUT2D eigenvalue weighted by atomic mass is 35.5. The lowest BCUT2D eigenvalue weighted by molar-refractivity contribution is -0.275. The predicted molar refractivity (Wildman–Crippen MR) is 33.0 cm³/mol. The lowest BCUT2D eigenvalue weighted by Gasteiger charge is -2.35. The van der Waals surface area contributed by atoms with Crippen LogP contribution in [0.5, 0.6) is 0 Å². The van der Waals surface area contributed by atoms with Gasteiger partial charge in [-0.15, -0.1) is 0 Å². The second-order valence-electron chi connectivity index (χ2n) is 2.16. The first kappa shape index (κ1) is 11.5. The van der Waals surface area contributed by atoms with Crippen LogP contribution in [0, 0.1) is 0 Å². The van der Waals surface area contributed by atoms with Crippen LogP contribution in [0.15, 0.2) is 0 Å². The first-order valence-corrected chi connectivity index (χ1v) is 3.21. The molecule has 0 aromatic heterocycles. The van der Waals surface area contributed by atoms with E-state index in [1.807, 2.05) is 0 Å². The summed E-state index contributed by atoms with van der Waals surface area (Å²) in [5, 5.41) is 7.18. The van der Waals surface area contributed by atoms with Crippen LogP contribution in [-0.2, 0) is 0 Å². The molecule has 0 bridgehead atoms. The zero-order valence-corrected chi connectivity index (χ0v) is 6.42. The SMILES string of the molecule is FC1(F)CCC1(F)F.O=C(O)Cl. The molecular weight excluding hydrogens is 203 g/mol. The van der Waals surface area contributed by atoms with Crippen molar-refractivity contribution in [2.24, 2.45) is 0 Å². The average Bonchev–Trinajstić information content (AvgIpc) is 1.84. The molecule has 0 heterocycles. The Kier molecular flexibility index (Phi) is 3.32. The fourth-order valence-corrected chi connectivity index (χ4v) is 0.503. The number of hydrogen-bond donors (Lipinski definition) is 1. The van der Waals surface area contributed by atoms with Crippen molar-refractivity contribution in [1.82, 2.24) is 0 Å². The Morgan fingerprint density at radius 2 is 1.33 bits per heavy atom. The molecule has 72 valence electrons. The van der Waals surface area contributed by atoms with E-state index in [9.17, 15) is 17.6 Å². The van der Waals surface area contributed by atoms with Gasteiger partial charge in [-0.3, -0.25) is 0 Å². The summed E-state index contributed by atoms with van der Waals surface area (Å²) in [5.41, 5.74) is -1.36. The summed E-state index contributed by atoms with van der Waals surface area (Å²) in [4.78, 5) is 8.77. The summed E-state index contributed by atoms with van der Waals surface area (Å²) in [6.45, 7) is 0. The summed E-state index contributed by atoms with van der Waals surface area (Å²) in [5.74, 6) is -7.43. The van der Waals surface area contributed by atoms with E-state index in [2.05, 4.69) is 11.6 Å². The minimum absolute atomic E-state index is 0.667. The highest BCUT2D eigenvalue weighted by Gasteiger charge is 2.64. The van der Waals surface area contributed by atoms with E-state index < -0.39 is 30.1 Å². The maximum atomic E-state index is 11.6. The largest absolute Gasteiger partial charge is 0.469 e. The molecule has 1 aliphatic rings. The van der Waals surface area contributed by atoms with Gasteiger partial charge in [-0.2, -0.15) is 17.6 Å². The number of halogens is 5. The van der Waals surface area contributed by atoms with Crippen molar-refractivity contribution in [3.8, 4) is 0 Å². The fraction of sp³-hybridized carbons (Fsp3) is 0.800. The summed E-state index contributed by atoms with van der Waals surface area (Å²) in [6, 6.07) is 0. The average molecular weight is 209 g/mol. The summed E-state index contributed by atoms with van der Waals surface area (Å²) < 4.78 is 46.3. The molecule has 0 saturated heterocycles. The lowest BCUT2D eigenvalue weighted by Crippen LogP contribution is -2.50. The van der Waals surface area contributed by atoms with Gasteiger partial charge in [0, 0.05) is 24.4 Å². The second-order valence-corrected chi connectivity index (χ2v) is 2.49. The number of hydrogen-bond acceptors (Lipinski definition) is 1. The Hall–Kier alpha value is -0.520. The Morgan fingerprint density at radius 1 is 1.17 bits per heavy atom. The first-order valence-electron chi connectivity index (χ1n) is 2.83. The topological polar surface area (TPSA) is 37.3 Å². The zero-order valence-electron chi connectivity index (χ0n) is 5.66. The molecule has 0 amide bonds. The molecule has 0 aromatic rings. The fourth-order valence-electron chi connectivity index (χ4n) is 0.503. The van der Waals surface area contributed by atoms with Crippen LogP contribution in [-0.4, -0.2) is 22.4 Å². The molecule has 0 radical (unpaired) electrons. The smallest absolute Gasteiger partial charge is 0.401 e. The quantitative estimate of drug-likeness (QED) is 0.491. The third-order valence-corrected chi connectivity index (χ3v) is 1.29. The monoisotopic (exact) mass is 208 g/mol. The molecule has 12 heavy (non-hydrogen) atoms. The third-order valence-electron chi connectivity index (χ3n) is 1.29. The first-order chi connectivity index (χ1) is 5.19. The lowest BCUT2D eigenvalue weighted by atomic mass is 9.90.